The summed E-state index contributed by atoms with van der Waals surface area (Å²) in [5.41, 5.74) is 4.72. The van der Waals surface area contributed by atoms with Crippen molar-refractivity contribution in [3.8, 4) is 5.75 Å². The maximum Gasteiger partial charge on any atom is 0.170 e. The minimum Gasteiger partial charge on any atom is -0.496 e. The van der Waals surface area contributed by atoms with Gasteiger partial charge in [0.2, 0.25) is 0 Å². The SMILES string of the molecule is COc1c(CCc2ccc(C(C)=O)s2)cccc1C1CC(c2ccc(F)cc2)=CC1C(=O)c1cccc2ccccc12. The summed E-state index contributed by atoms with van der Waals surface area (Å²) in [6.45, 7) is 1.59. The number of ketones is 2. The van der Waals surface area contributed by atoms with Crippen LogP contribution in [-0.2, 0) is 12.8 Å². The molecule has 0 N–H and O–H groups in total. The molecule has 5 aromatic rings. The lowest BCUT2D eigenvalue weighted by Gasteiger charge is -2.23. The molecule has 6 rings (SSSR count). The molecule has 0 aliphatic heterocycles. The van der Waals surface area contributed by atoms with E-state index in [0.29, 0.717) is 12.0 Å². The second kappa shape index (κ2) is 11.9. The molecule has 0 fully saturated rings. The van der Waals surface area contributed by atoms with Crippen molar-refractivity contribution < 1.29 is 18.7 Å². The molecule has 210 valence electrons. The summed E-state index contributed by atoms with van der Waals surface area (Å²) in [6, 6.07) is 30.4. The summed E-state index contributed by atoms with van der Waals surface area (Å²) in [4.78, 5) is 28.0. The number of hydrogen-bond acceptors (Lipinski definition) is 4. The second-order valence-electron chi connectivity index (χ2n) is 10.8. The molecule has 1 aromatic heterocycles. The first-order valence-electron chi connectivity index (χ1n) is 14.2. The molecule has 1 aliphatic carbocycles. The number of methoxy groups -OCH3 is 1. The number of fused-ring (bicyclic) bond motifs is 1. The van der Waals surface area contributed by atoms with Crippen LogP contribution in [0.5, 0.6) is 5.75 Å². The fourth-order valence-electron chi connectivity index (χ4n) is 6.13. The predicted octanol–water partition coefficient (Wildman–Crippen LogP) is 9.11. The van der Waals surface area contributed by atoms with Crippen molar-refractivity contribution in [1.82, 2.24) is 0 Å². The van der Waals surface area contributed by atoms with Crippen molar-refractivity contribution in [2.45, 2.75) is 32.1 Å². The first-order valence-corrected chi connectivity index (χ1v) is 15.0. The first-order chi connectivity index (χ1) is 20.4. The largest absolute Gasteiger partial charge is 0.496 e. The van der Waals surface area contributed by atoms with E-state index in [0.717, 1.165) is 61.4 Å². The average Bonchev–Trinajstić information content (AvgIpc) is 3.68. The molecule has 0 saturated carbocycles. The lowest BCUT2D eigenvalue weighted by atomic mass is 9.81. The number of hydrogen-bond donors (Lipinski definition) is 0. The zero-order chi connectivity index (χ0) is 29.2. The van der Waals surface area contributed by atoms with Gasteiger partial charge in [-0.1, -0.05) is 78.9 Å². The lowest BCUT2D eigenvalue weighted by molar-refractivity contribution is 0.0935. The van der Waals surface area contributed by atoms with Gasteiger partial charge in [0.1, 0.15) is 11.6 Å². The van der Waals surface area contributed by atoms with Gasteiger partial charge >= 0.3 is 0 Å². The summed E-state index contributed by atoms with van der Waals surface area (Å²) >= 11 is 1.53. The Hall–Kier alpha value is -4.35. The van der Waals surface area contributed by atoms with Crippen LogP contribution in [0.4, 0.5) is 4.39 Å². The number of para-hydroxylation sites is 1. The molecule has 3 nitrogen and oxygen atoms in total. The van der Waals surface area contributed by atoms with Gasteiger partial charge in [-0.2, -0.15) is 0 Å². The van der Waals surface area contributed by atoms with Crippen molar-refractivity contribution in [2.24, 2.45) is 5.92 Å². The number of benzene rings is 4. The zero-order valence-electron chi connectivity index (χ0n) is 23.6. The van der Waals surface area contributed by atoms with E-state index >= 15 is 0 Å². The van der Waals surface area contributed by atoms with Gasteiger partial charge < -0.3 is 4.74 Å². The molecule has 2 atom stereocenters. The van der Waals surface area contributed by atoms with Crippen molar-refractivity contribution in [3.05, 3.63) is 141 Å². The Morgan fingerprint density at radius 2 is 1.64 bits per heavy atom. The maximum absolute atomic E-state index is 14.4. The van der Waals surface area contributed by atoms with E-state index in [1.165, 1.54) is 23.5 Å². The number of thiophene rings is 1. The number of allylic oxidation sites excluding steroid dienone is 2. The van der Waals surface area contributed by atoms with Crippen molar-refractivity contribution in [1.29, 1.82) is 0 Å². The molecule has 0 spiro atoms. The molecule has 0 bridgehead atoms. The van der Waals surface area contributed by atoms with E-state index in [9.17, 15) is 14.0 Å². The van der Waals surface area contributed by atoms with Crippen LogP contribution in [0, 0.1) is 11.7 Å². The van der Waals surface area contributed by atoms with Crippen molar-refractivity contribution in [3.63, 3.8) is 0 Å². The summed E-state index contributed by atoms with van der Waals surface area (Å²) < 4.78 is 19.8. The fraction of sp³-hybridized carbons (Fsp3) is 0.189. The van der Waals surface area contributed by atoms with Crippen LogP contribution >= 0.6 is 11.3 Å². The molecule has 1 heterocycles. The molecule has 0 amide bonds. The zero-order valence-corrected chi connectivity index (χ0v) is 24.4. The Labute approximate surface area is 249 Å². The maximum atomic E-state index is 14.4. The topological polar surface area (TPSA) is 43.4 Å². The highest BCUT2D eigenvalue weighted by Crippen LogP contribution is 2.48. The Bertz CT molecular complexity index is 1810. The molecule has 0 radical (unpaired) electrons. The summed E-state index contributed by atoms with van der Waals surface area (Å²) in [6.07, 6.45) is 4.25. The molecule has 4 aromatic carbocycles. The first kappa shape index (κ1) is 27.8. The minimum absolute atomic E-state index is 0.0664. The van der Waals surface area contributed by atoms with E-state index in [1.807, 2.05) is 60.7 Å². The van der Waals surface area contributed by atoms with E-state index in [-0.39, 0.29) is 23.3 Å². The van der Waals surface area contributed by atoms with E-state index in [4.69, 9.17) is 4.74 Å². The van der Waals surface area contributed by atoms with Gasteiger partial charge in [0.05, 0.1) is 12.0 Å². The number of Topliss-reactive ketones (excluding diaryl/α,β-unsaturated/α-hetero) is 2. The van der Waals surface area contributed by atoms with Crippen LogP contribution in [-0.4, -0.2) is 18.7 Å². The normalized spacial score (nSPS) is 16.4. The summed E-state index contributed by atoms with van der Waals surface area (Å²) in [5, 5.41) is 1.97. The van der Waals surface area contributed by atoms with Gasteiger partial charge in [-0.3, -0.25) is 9.59 Å². The summed E-state index contributed by atoms with van der Waals surface area (Å²) in [7, 11) is 1.69. The van der Waals surface area contributed by atoms with Gasteiger partial charge in [-0.05, 0) is 83.5 Å². The molecule has 2 unspecified atom stereocenters. The molecule has 1 aliphatic rings. The van der Waals surface area contributed by atoms with Gasteiger partial charge in [-0.15, -0.1) is 11.3 Å². The van der Waals surface area contributed by atoms with E-state index in [2.05, 4.69) is 18.2 Å². The fourth-order valence-corrected chi connectivity index (χ4v) is 7.03. The Kier molecular flexibility index (Phi) is 7.86. The van der Waals surface area contributed by atoms with E-state index in [1.54, 1.807) is 26.2 Å². The van der Waals surface area contributed by atoms with Crippen molar-refractivity contribution in [2.75, 3.05) is 7.11 Å². The molecular weight excluding hydrogens is 543 g/mol. The average molecular weight is 575 g/mol. The van der Waals surface area contributed by atoms with Crippen LogP contribution in [0.2, 0.25) is 0 Å². The molecule has 0 saturated heterocycles. The van der Waals surface area contributed by atoms with Gasteiger partial charge in [0, 0.05) is 22.3 Å². The van der Waals surface area contributed by atoms with Crippen LogP contribution in [0.1, 0.15) is 60.9 Å². The number of rotatable bonds is 9. The predicted molar refractivity (Wildman–Crippen MR) is 168 cm³/mol. The van der Waals surface area contributed by atoms with Crippen molar-refractivity contribution >= 4 is 39.2 Å². The standard InChI is InChI=1S/C37H31FO3S/c1-23(39)35-20-19-29(42-35)18-15-26-9-6-12-32(37(26)41-2)33-21-27(24-13-16-28(38)17-14-24)22-34(33)36(40)31-11-5-8-25-7-3-4-10-30(25)31/h3-14,16-17,19-20,22,33-34H,15,18,21H2,1-2H3. The van der Waals surface area contributed by atoms with Crippen LogP contribution in [0.15, 0.2) is 103 Å². The number of carbonyl (C=O) groups excluding carboxylic acids is 2. The van der Waals surface area contributed by atoms with Crippen LogP contribution in [0.3, 0.4) is 0 Å². The third-order valence-corrected chi connectivity index (χ3v) is 9.45. The highest BCUT2D eigenvalue weighted by atomic mass is 32.1. The molecule has 42 heavy (non-hydrogen) atoms. The van der Waals surface area contributed by atoms with Gasteiger partial charge in [0.25, 0.3) is 0 Å². The quantitative estimate of drug-likeness (QED) is 0.165. The number of carbonyl (C=O) groups is 2. The number of aryl methyl sites for hydroxylation is 2. The third-order valence-electron chi connectivity index (χ3n) is 8.21. The number of ether oxygens (including phenoxy) is 1. The summed E-state index contributed by atoms with van der Waals surface area (Å²) in [5.74, 6) is 0.117. The lowest BCUT2D eigenvalue weighted by Crippen LogP contribution is -2.19. The Morgan fingerprint density at radius 3 is 2.40 bits per heavy atom. The minimum atomic E-state index is -0.407. The smallest absolute Gasteiger partial charge is 0.170 e. The number of halogens is 1. The Morgan fingerprint density at radius 1 is 0.881 bits per heavy atom. The monoisotopic (exact) mass is 574 g/mol. The highest BCUT2D eigenvalue weighted by molar-refractivity contribution is 7.14. The van der Waals surface area contributed by atoms with Gasteiger partial charge in [0.15, 0.2) is 11.6 Å². The van der Waals surface area contributed by atoms with E-state index < -0.39 is 5.92 Å². The van der Waals surface area contributed by atoms with Crippen LogP contribution in [0.25, 0.3) is 16.3 Å². The third kappa shape index (κ3) is 5.45. The second-order valence-corrected chi connectivity index (χ2v) is 12.0. The molecule has 5 heteroatoms. The Balaban J connectivity index is 1.38. The molecular formula is C37H31FO3S. The van der Waals surface area contributed by atoms with Crippen LogP contribution < -0.4 is 4.74 Å². The highest BCUT2D eigenvalue weighted by Gasteiger charge is 2.37. The van der Waals surface area contributed by atoms with Gasteiger partial charge in [-0.25, -0.2) is 4.39 Å².